The van der Waals surface area contributed by atoms with Gasteiger partial charge in [0.2, 0.25) is 5.91 Å². The Hall–Kier alpha value is -2.04. The number of carbonyl (C=O) groups excluding carboxylic acids is 1. The maximum absolute atomic E-state index is 11.7. The molecular formula is C16H23NO4. The Morgan fingerprint density at radius 2 is 1.95 bits per heavy atom. The van der Waals surface area contributed by atoms with Gasteiger partial charge in [-0.15, -0.1) is 0 Å². The number of nitrogens with one attached hydrogen (secondary N) is 1. The molecule has 1 amide bonds. The molecule has 0 bridgehead atoms. The molecule has 0 saturated heterocycles. The Bertz CT molecular complexity index is 485. The van der Waals surface area contributed by atoms with Gasteiger partial charge in [-0.25, -0.2) is 0 Å². The molecule has 0 aliphatic heterocycles. The summed E-state index contributed by atoms with van der Waals surface area (Å²) >= 11 is 0. The van der Waals surface area contributed by atoms with Gasteiger partial charge in [-0.05, 0) is 44.9 Å². The first-order valence-electron chi connectivity index (χ1n) is 7.16. The molecule has 21 heavy (non-hydrogen) atoms. The van der Waals surface area contributed by atoms with Gasteiger partial charge in [0.25, 0.3) is 0 Å². The van der Waals surface area contributed by atoms with Crippen molar-refractivity contribution in [1.29, 1.82) is 0 Å². The highest BCUT2D eigenvalue weighted by atomic mass is 16.5. The Morgan fingerprint density at radius 3 is 2.57 bits per heavy atom. The summed E-state index contributed by atoms with van der Waals surface area (Å²) in [5, 5.41) is 11.4. The second-order valence-electron chi connectivity index (χ2n) is 5.28. The summed E-state index contributed by atoms with van der Waals surface area (Å²) in [5.74, 6) is -0.247. The van der Waals surface area contributed by atoms with E-state index in [4.69, 9.17) is 9.84 Å². The van der Waals surface area contributed by atoms with E-state index >= 15 is 0 Å². The highest BCUT2D eigenvalue weighted by Crippen LogP contribution is 2.20. The fourth-order valence-electron chi connectivity index (χ4n) is 1.93. The predicted octanol–water partition coefficient (Wildman–Crippen LogP) is 2.91. The summed E-state index contributed by atoms with van der Waals surface area (Å²) in [6.45, 7) is 5.81. The van der Waals surface area contributed by atoms with Crippen LogP contribution in [-0.2, 0) is 9.59 Å². The number of carboxylic acids is 1. The van der Waals surface area contributed by atoms with Crippen molar-refractivity contribution in [2.45, 2.75) is 52.2 Å². The third kappa shape index (κ3) is 6.79. The van der Waals surface area contributed by atoms with E-state index in [1.807, 2.05) is 45.0 Å². The highest BCUT2D eigenvalue weighted by molar-refractivity contribution is 5.77. The maximum Gasteiger partial charge on any atom is 0.303 e. The standard InChI is InChI=1S/C16H23NO4/c1-11(2)21-14-7-4-6-13(10-14)12(3)17-15(18)8-5-9-16(19)20/h4,6-7,10-12H,5,8-9H2,1-3H3,(H,17,18)(H,19,20). The zero-order chi connectivity index (χ0) is 15.8. The lowest BCUT2D eigenvalue weighted by Crippen LogP contribution is -2.26. The normalized spacial score (nSPS) is 12.0. The number of amides is 1. The van der Waals surface area contributed by atoms with Crippen LogP contribution in [0, 0.1) is 0 Å². The van der Waals surface area contributed by atoms with Gasteiger partial charge in [-0.2, -0.15) is 0 Å². The van der Waals surface area contributed by atoms with Crippen LogP contribution in [0.3, 0.4) is 0 Å². The number of aliphatic carboxylic acids is 1. The van der Waals surface area contributed by atoms with E-state index in [0.29, 0.717) is 6.42 Å². The highest BCUT2D eigenvalue weighted by Gasteiger charge is 2.11. The fourth-order valence-corrected chi connectivity index (χ4v) is 1.93. The Kier molecular flexibility index (Phi) is 6.72. The molecule has 5 nitrogen and oxygen atoms in total. The molecular weight excluding hydrogens is 270 g/mol. The molecule has 116 valence electrons. The molecule has 5 heteroatoms. The summed E-state index contributed by atoms with van der Waals surface area (Å²) in [6.07, 6.45) is 0.684. The van der Waals surface area contributed by atoms with Crippen molar-refractivity contribution >= 4 is 11.9 Å². The second-order valence-corrected chi connectivity index (χ2v) is 5.28. The quantitative estimate of drug-likeness (QED) is 0.772. The molecule has 2 N–H and O–H groups in total. The molecule has 1 rings (SSSR count). The van der Waals surface area contributed by atoms with Crippen LogP contribution in [0.5, 0.6) is 5.75 Å². The van der Waals surface area contributed by atoms with Gasteiger partial charge in [-0.1, -0.05) is 12.1 Å². The van der Waals surface area contributed by atoms with E-state index in [-0.39, 0.29) is 30.9 Å². The van der Waals surface area contributed by atoms with Gasteiger partial charge in [0, 0.05) is 12.8 Å². The monoisotopic (exact) mass is 293 g/mol. The molecule has 0 spiro atoms. The van der Waals surface area contributed by atoms with Crippen LogP contribution in [0.1, 0.15) is 51.6 Å². The number of hydrogen-bond acceptors (Lipinski definition) is 3. The molecule has 1 unspecified atom stereocenters. The second kappa shape index (κ2) is 8.29. The van der Waals surface area contributed by atoms with Crippen molar-refractivity contribution < 1.29 is 19.4 Å². The van der Waals surface area contributed by atoms with Gasteiger partial charge in [-0.3, -0.25) is 9.59 Å². The van der Waals surface area contributed by atoms with Crippen molar-refractivity contribution in [2.75, 3.05) is 0 Å². The number of rotatable bonds is 8. The van der Waals surface area contributed by atoms with Gasteiger partial charge < -0.3 is 15.2 Å². The minimum Gasteiger partial charge on any atom is -0.491 e. The first-order valence-corrected chi connectivity index (χ1v) is 7.16. The minimum atomic E-state index is -0.880. The van der Waals surface area contributed by atoms with Crippen LogP contribution in [0.2, 0.25) is 0 Å². The molecule has 0 radical (unpaired) electrons. The zero-order valence-corrected chi connectivity index (χ0v) is 12.8. The number of hydrogen-bond donors (Lipinski definition) is 2. The first-order chi connectivity index (χ1) is 9.88. The molecule has 0 aliphatic carbocycles. The van der Waals surface area contributed by atoms with Gasteiger partial charge in [0.1, 0.15) is 5.75 Å². The van der Waals surface area contributed by atoms with E-state index < -0.39 is 5.97 Å². The molecule has 0 saturated carbocycles. The Balaban J connectivity index is 2.52. The average Bonchev–Trinajstić information content (AvgIpc) is 2.37. The smallest absolute Gasteiger partial charge is 0.303 e. The van der Waals surface area contributed by atoms with E-state index in [9.17, 15) is 9.59 Å². The average molecular weight is 293 g/mol. The Morgan fingerprint density at radius 1 is 1.24 bits per heavy atom. The molecule has 0 aromatic heterocycles. The lowest BCUT2D eigenvalue weighted by molar-refractivity contribution is -0.137. The third-order valence-electron chi connectivity index (χ3n) is 2.90. The van der Waals surface area contributed by atoms with Crippen molar-refractivity contribution in [3.8, 4) is 5.75 Å². The van der Waals surface area contributed by atoms with Crippen LogP contribution >= 0.6 is 0 Å². The predicted molar refractivity (Wildman–Crippen MR) is 80.3 cm³/mol. The van der Waals surface area contributed by atoms with E-state index in [2.05, 4.69) is 5.32 Å². The molecule has 0 fully saturated rings. The zero-order valence-electron chi connectivity index (χ0n) is 12.8. The Labute approximate surface area is 125 Å². The van der Waals surface area contributed by atoms with Gasteiger partial charge >= 0.3 is 5.97 Å². The third-order valence-corrected chi connectivity index (χ3v) is 2.90. The number of carboxylic acid groups (broad SMARTS) is 1. The van der Waals surface area contributed by atoms with Gasteiger partial charge in [0.15, 0.2) is 0 Å². The number of benzene rings is 1. The number of carbonyl (C=O) groups is 2. The topological polar surface area (TPSA) is 75.6 Å². The van der Waals surface area contributed by atoms with Crippen molar-refractivity contribution in [2.24, 2.45) is 0 Å². The van der Waals surface area contributed by atoms with Gasteiger partial charge in [0.05, 0.1) is 12.1 Å². The molecule has 1 aromatic carbocycles. The number of ether oxygens (including phenoxy) is 1. The van der Waals surface area contributed by atoms with Crippen LogP contribution in [0.15, 0.2) is 24.3 Å². The summed E-state index contributed by atoms with van der Waals surface area (Å²) in [4.78, 5) is 22.1. The van der Waals surface area contributed by atoms with E-state index in [1.54, 1.807) is 0 Å². The van der Waals surface area contributed by atoms with Crippen LogP contribution in [0.4, 0.5) is 0 Å². The summed E-state index contributed by atoms with van der Waals surface area (Å²) in [6, 6.07) is 7.46. The van der Waals surface area contributed by atoms with Crippen molar-refractivity contribution in [3.63, 3.8) is 0 Å². The van der Waals surface area contributed by atoms with Crippen LogP contribution in [0.25, 0.3) is 0 Å². The molecule has 0 aliphatic rings. The molecule has 0 heterocycles. The molecule has 1 aromatic rings. The summed E-state index contributed by atoms with van der Waals surface area (Å²) < 4.78 is 5.62. The van der Waals surface area contributed by atoms with Crippen molar-refractivity contribution in [1.82, 2.24) is 5.32 Å². The minimum absolute atomic E-state index is 0.0134. The first kappa shape index (κ1) is 17.0. The molecule has 1 atom stereocenters. The largest absolute Gasteiger partial charge is 0.491 e. The lowest BCUT2D eigenvalue weighted by Gasteiger charge is -2.16. The maximum atomic E-state index is 11.7. The SMILES string of the molecule is CC(C)Oc1cccc(C(C)NC(=O)CCCC(=O)O)c1. The summed E-state index contributed by atoms with van der Waals surface area (Å²) in [5.41, 5.74) is 0.958. The van der Waals surface area contributed by atoms with Crippen molar-refractivity contribution in [3.05, 3.63) is 29.8 Å². The lowest BCUT2D eigenvalue weighted by atomic mass is 10.1. The van der Waals surface area contributed by atoms with E-state index in [1.165, 1.54) is 0 Å². The van der Waals surface area contributed by atoms with Crippen LogP contribution in [-0.4, -0.2) is 23.1 Å². The summed E-state index contributed by atoms with van der Waals surface area (Å²) in [7, 11) is 0. The fraction of sp³-hybridized carbons (Fsp3) is 0.500. The van der Waals surface area contributed by atoms with E-state index in [0.717, 1.165) is 11.3 Å². The van der Waals surface area contributed by atoms with Crippen LogP contribution < -0.4 is 10.1 Å².